The second-order valence-electron chi connectivity index (χ2n) is 7.74. The van der Waals surface area contributed by atoms with E-state index in [1.807, 2.05) is 25.1 Å². The summed E-state index contributed by atoms with van der Waals surface area (Å²) in [5, 5.41) is 4.12. The Morgan fingerprint density at radius 2 is 2.10 bits per heavy atom. The number of hydrogen-bond acceptors (Lipinski definition) is 3. The molecule has 0 saturated carbocycles. The van der Waals surface area contributed by atoms with Crippen molar-refractivity contribution in [1.29, 1.82) is 0 Å². The van der Waals surface area contributed by atoms with Crippen molar-refractivity contribution in [3.63, 3.8) is 0 Å². The monoisotopic (exact) mass is 443 g/mol. The first-order valence-electron chi connectivity index (χ1n) is 10.1. The fourth-order valence-electron chi connectivity index (χ4n) is 3.94. The molecule has 1 fully saturated rings. The number of aromatic amines is 1. The zero-order chi connectivity index (χ0) is 22.0. The summed E-state index contributed by atoms with van der Waals surface area (Å²) in [5.41, 5.74) is 1.07. The number of benzene rings is 2. The molecule has 2 atom stereocenters. The van der Waals surface area contributed by atoms with Gasteiger partial charge in [0.2, 0.25) is 0 Å². The van der Waals surface area contributed by atoms with Crippen LogP contribution in [-0.4, -0.2) is 35.7 Å². The van der Waals surface area contributed by atoms with Crippen LogP contribution in [-0.2, 0) is 4.74 Å². The standard InChI is InChI=1S/C23H23ClFN3O3/c1-14(19-11-26-22(29)18-5-3-2-4-17(18)19)28(12-15-8-9-31-13-15)23(30)27-16-6-7-21(25)20(24)10-16/h2-7,10-11,14-15H,8-9,12-13H2,1H3,(H,26,29)(H,27,30)/t14-,15-/m0/s1. The largest absolute Gasteiger partial charge is 0.381 e. The highest BCUT2D eigenvalue weighted by atomic mass is 35.5. The second-order valence-corrected chi connectivity index (χ2v) is 8.14. The molecule has 0 radical (unpaired) electrons. The number of aromatic nitrogens is 1. The maximum atomic E-state index is 13.5. The molecule has 2 aromatic carbocycles. The number of ether oxygens (including phenoxy) is 1. The molecular formula is C23H23ClFN3O3. The first kappa shape index (κ1) is 21.3. The van der Waals surface area contributed by atoms with Crippen LogP contribution in [0.4, 0.5) is 14.9 Å². The average molecular weight is 444 g/mol. The van der Waals surface area contributed by atoms with E-state index < -0.39 is 5.82 Å². The molecule has 2 heterocycles. The smallest absolute Gasteiger partial charge is 0.322 e. The van der Waals surface area contributed by atoms with Crippen LogP contribution in [0, 0.1) is 11.7 Å². The first-order valence-corrected chi connectivity index (χ1v) is 10.5. The molecule has 162 valence electrons. The van der Waals surface area contributed by atoms with Gasteiger partial charge in [-0.2, -0.15) is 0 Å². The number of H-pyrrole nitrogens is 1. The fourth-order valence-corrected chi connectivity index (χ4v) is 4.12. The molecule has 1 aliphatic rings. The van der Waals surface area contributed by atoms with Crippen molar-refractivity contribution in [1.82, 2.24) is 9.88 Å². The van der Waals surface area contributed by atoms with Gasteiger partial charge in [0.05, 0.1) is 17.7 Å². The Balaban J connectivity index is 1.67. The molecule has 31 heavy (non-hydrogen) atoms. The molecule has 0 aliphatic carbocycles. The van der Waals surface area contributed by atoms with Gasteiger partial charge < -0.3 is 19.9 Å². The van der Waals surface area contributed by atoms with Gasteiger partial charge in [-0.15, -0.1) is 0 Å². The number of anilines is 1. The first-order chi connectivity index (χ1) is 14.9. The van der Waals surface area contributed by atoms with Crippen molar-refractivity contribution in [2.75, 3.05) is 25.1 Å². The van der Waals surface area contributed by atoms with Gasteiger partial charge in [0.25, 0.3) is 5.56 Å². The number of hydrogen-bond donors (Lipinski definition) is 2. The quantitative estimate of drug-likeness (QED) is 0.585. The third-order valence-electron chi connectivity index (χ3n) is 5.67. The topological polar surface area (TPSA) is 74.4 Å². The number of amides is 2. The minimum atomic E-state index is -0.548. The molecule has 8 heteroatoms. The number of fused-ring (bicyclic) bond motifs is 1. The zero-order valence-electron chi connectivity index (χ0n) is 17.0. The normalized spacial score (nSPS) is 16.9. The van der Waals surface area contributed by atoms with E-state index >= 15 is 0 Å². The third kappa shape index (κ3) is 4.57. The Morgan fingerprint density at radius 1 is 1.32 bits per heavy atom. The van der Waals surface area contributed by atoms with E-state index in [9.17, 15) is 14.0 Å². The lowest BCUT2D eigenvalue weighted by molar-refractivity contribution is 0.157. The average Bonchev–Trinajstić information content (AvgIpc) is 3.28. The third-order valence-corrected chi connectivity index (χ3v) is 5.96. The van der Waals surface area contributed by atoms with Gasteiger partial charge in [-0.25, -0.2) is 9.18 Å². The maximum absolute atomic E-state index is 13.5. The number of halogens is 2. The summed E-state index contributed by atoms with van der Waals surface area (Å²) in [6.45, 7) is 3.66. The molecule has 4 rings (SSSR count). The number of rotatable bonds is 5. The van der Waals surface area contributed by atoms with E-state index in [0.29, 0.717) is 30.8 Å². The van der Waals surface area contributed by atoms with Crippen molar-refractivity contribution < 1.29 is 13.9 Å². The second kappa shape index (κ2) is 9.08. The zero-order valence-corrected chi connectivity index (χ0v) is 17.8. The van der Waals surface area contributed by atoms with Crippen molar-refractivity contribution in [3.8, 4) is 0 Å². The summed E-state index contributed by atoms with van der Waals surface area (Å²) >= 11 is 5.86. The Hall–Kier alpha value is -2.90. The van der Waals surface area contributed by atoms with E-state index in [0.717, 1.165) is 17.4 Å². The molecule has 1 aromatic heterocycles. The van der Waals surface area contributed by atoms with Gasteiger partial charge >= 0.3 is 6.03 Å². The predicted molar refractivity (Wildman–Crippen MR) is 119 cm³/mol. The molecule has 0 bridgehead atoms. The molecule has 0 unspecified atom stereocenters. The minimum Gasteiger partial charge on any atom is -0.381 e. The van der Waals surface area contributed by atoms with Gasteiger partial charge in [0.15, 0.2) is 0 Å². The summed E-state index contributed by atoms with van der Waals surface area (Å²) < 4.78 is 19.0. The molecular weight excluding hydrogens is 421 g/mol. The van der Waals surface area contributed by atoms with Crippen LogP contribution in [0.2, 0.25) is 5.02 Å². The number of carbonyl (C=O) groups excluding carboxylic acids is 1. The van der Waals surface area contributed by atoms with Gasteiger partial charge in [-0.05, 0) is 48.6 Å². The Morgan fingerprint density at radius 3 is 2.81 bits per heavy atom. The maximum Gasteiger partial charge on any atom is 0.322 e. The van der Waals surface area contributed by atoms with Crippen molar-refractivity contribution in [3.05, 3.63) is 75.4 Å². The lowest BCUT2D eigenvalue weighted by Crippen LogP contribution is -2.40. The van der Waals surface area contributed by atoms with Gasteiger partial charge in [0.1, 0.15) is 5.82 Å². The summed E-state index contributed by atoms with van der Waals surface area (Å²) in [4.78, 5) is 30.0. The lowest BCUT2D eigenvalue weighted by atomic mass is 10.00. The van der Waals surface area contributed by atoms with E-state index in [-0.39, 0.29) is 28.6 Å². The van der Waals surface area contributed by atoms with Crippen LogP contribution >= 0.6 is 11.6 Å². The summed E-state index contributed by atoms with van der Waals surface area (Å²) in [6.07, 6.45) is 2.53. The Kier molecular flexibility index (Phi) is 6.25. The summed E-state index contributed by atoms with van der Waals surface area (Å²) in [7, 11) is 0. The van der Waals surface area contributed by atoms with Crippen LogP contribution in [0.1, 0.15) is 24.9 Å². The van der Waals surface area contributed by atoms with Crippen molar-refractivity contribution in [2.24, 2.45) is 5.92 Å². The number of nitrogens with zero attached hydrogens (tertiary/aromatic N) is 1. The van der Waals surface area contributed by atoms with Gasteiger partial charge in [-0.1, -0.05) is 29.8 Å². The molecule has 6 nitrogen and oxygen atoms in total. The highest BCUT2D eigenvalue weighted by molar-refractivity contribution is 6.31. The van der Waals surface area contributed by atoms with Crippen LogP contribution < -0.4 is 10.9 Å². The van der Waals surface area contributed by atoms with E-state index in [2.05, 4.69) is 10.3 Å². The van der Waals surface area contributed by atoms with E-state index in [4.69, 9.17) is 16.3 Å². The molecule has 1 aliphatic heterocycles. The molecule has 2 N–H and O–H groups in total. The highest BCUT2D eigenvalue weighted by Crippen LogP contribution is 2.29. The Labute approximate surface area is 184 Å². The number of pyridine rings is 1. The molecule has 1 saturated heterocycles. The SMILES string of the molecule is C[C@@H](c1c[nH]c(=O)c2ccccc12)N(C[C@@H]1CCOC1)C(=O)Nc1ccc(F)c(Cl)c1. The van der Waals surface area contributed by atoms with Gasteiger partial charge in [-0.3, -0.25) is 4.79 Å². The lowest BCUT2D eigenvalue weighted by Gasteiger charge is -2.32. The van der Waals surface area contributed by atoms with Crippen molar-refractivity contribution in [2.45, 2.75) is 19.4 Å². The molecule has 3 aromatic rings. The predicted octanol–water partition coefficient (Wildman–Crippen LogP) is 4.95. The molecule has 2 amide bonds. The van der Waals surface area contributed by atoms with Crippen molar-refractivity contribution >= 4 is 34.1 Å². The van der Waals surface area contributed by atoms with E-state index in [1.165, 1.54) is 18.2 Å². The number of nitrogens with one attached hydrogen (secondary N) is 2. The fraction of sp³-hybridized carbons (Fsp3) is 0.304. The van der Waals surface area contributed by atoms with Crippen LogP contribution in [0.5, 0.6) is 0 Å². The number of urea groups is 1. The highest BCUT2D eigenvalue weighted by Gasteiger charge is 2.28. The minimum absolute atomic E-state index is 0.0618. The Bertz CT molecular complexity index is 1160. The van der Waals surface area contributed by atoms with E-state index in [1.54, 1.807) is 17.2 Å². The van der Waals surface area contributed by atoms with Crippen LogP contribution in [0.15, 0.2) is 53.5 Å². The molecule has 0 spiro atoms. The summed E-state index contributed by atoms with van der Waals surface area (Å²) in [6, 6.07) is 10.7. The van der Waals surface area contributed by atoms with Gasteiger partial charge in [0, 0.05) is 36.3 Å². The van der Waals surface area contributed by atoms with Crippen LogP contribution in [0.3, 0.4) is 0 Å². The summed E-state index contributed by atoms with van der Waals surface area (Å²) in [5.74, 6) is -0.341. The van der Waals surface area contributed by atoms with Crippen LogP contribution in [0.25, 0.3) is 10.8 Å². The number of carbonyl (C=O) groups is 1.